The average Bonchev–Trinajstić information content (AvgIpc) is 3.15. The summed E-state index contributed by atoms with van der Waals surface area (Å²) in [6.07, 6.45) is -5.04. The molecule has 0 amide bonds. The Morgan fingerprint density at radius 1 is 1.09 bits per heavy atom. The SMILES string of the molecule is OCC1(c2ccc(-c3cc4nc(O[C@@H]5CO[C@H]6[C@@H]5OC[C@H]6O)[nH]c4cc3C(F)(F)F)cc2)CC1. The summed E-state index contributed by atoms with van der Waals surface area (Å²) in [4.78, 5) is 7.16. The number of hydrogen-bond donors (Lipinski definition) is 3. The van der Waals surface area contributed by atoms with Gasteiger partial charge in [-0.25, -0.2) is 0 Å². The van der Waals surface area contributed by atoms with Crippen molar-refractivity contribution in [2.45, 2.75) is 48.8 Å². The lowest BCUT2D eigenvalue weighted by Crippen LogP contribution is -2.34. The highest BCUT2D eigenvalue weighted by Crippen LogP contribution is 2.48. The van der Waals surface area contributed by atoms with Gasteiger partial charge in [0.2, 0.25) is 0 Å². The van der Waals surface area contributed by atoms with Gasteiger partial charge in [0.1, 0.15) is 18.3 Å². The first-order valence-corrected chi connectivity index (χ1v) is 11.2. The number of aliphatic hydroxyl groups is 2. The maximum atomic E-state index is 14.0. The lowest BCUT2D eigenvalue weighted by Gasteiger charge is -2.15. The molecule has 34 heavy (non-hydrogen) atoms. The minimum absolute atomic E-state index is 0.0185. The van der Waals surface area contributed by atoms with E-state index < -0.39 is 36.2 Å². The number of halogens is 3. The van der Waals surface area contributed by atoms with Crippen LogP contribution in [0.15, 0.2) is 36.4 Å². The summed E-state index contributed by atoms with van der Waals surface area (Å²) >= 11 is 0. The predicted octanol–water partition coefficient (Wildman–Crippen LogP) is 3.18. The van der Waals surface area contributed by atoms with Crippen molar-refractivity contribution in [1.29, 1.82) is 0 Å². The van der Waals surface area contributed by atoms with Crippen molar-refractivity contribution in [2.24, 2.45) is 0 Å². The lowest BCUT2D eigenvalue weighted by molar-refractivity contribution is -0.137. The number of imidazole rings is 1. The van der Waals surface area contributed by atoms with E-state index in [9.17, 15) is 23.4 Å². The van der Waals surface area contributed by atoms with E-state index in [2.05, 4.69) is 9.97 Å². The smallest absolute Gasteiger partial charge is 0.417 e. The van der Waals surface area contributed by atoms with E-state index in [1.807, 2.05) is 0 Å². The second kappa shape index (κ2) is 7.67. The van der Waals surface area contributed by atoms with Gasteiger partial charge >= 0.3 is 6.18 Å². The molecule has 1 saturated carbocycles. The topological polar surface area (TPSA) is 96.8 Å². The number of nitrogens with one attached hydrogen (secondary N) is 1. The molecule has 0 spiro atoms. The maximum Gasteiger partial charge on any atom is 0.417 e. The molecule has 3 aliphatic rings. The number of benzene rings is 2. The number of ether oxygens (including phenoxy) is 3. The number of alkyl halides is 3. The van der Waals surface area contributed by atoms with Gasteiger partial charge in [-0.05, 0) is 41.7 Å². The largest absolute Gasteiger partial charge is 0.456 e. The quantitative estimate of drug-likeness (QED) is 0.524. The molecule has 0 bridgehead atoms. The number of fused-ring (bicyclic) bond motifs is 2. The minimum Gasteiger partial charge on any atom is -0.456 e. The van der Waals surface area contributed by atoms with E-state index in [4.69, 9.17) is 14.2 Å². The highest BCUT2D eigenvalue weighted by atomic mass is 19.4. The van der Waals surface area contributed by atoms with Crippen LogP contribution in [0.3, 0.4) is 0 Å². The van der Waals surface area contributed by atoms with Gasteiger partial charge < -0.3 is 29.4 Å². The molecule has 1 aromatic heterocycles. The summed E-state index contributed by atoms with van der Waals surface area (Å²) < 4.78 is 58.8. The molecule has 6 rings (SSSR count). The zero-order valence-electron chi connectivity index (χ0n) is 18.0. The third-order valence-electron chi connectivity index (χ3n) is 7.11. The molecule has 2 aromatic carbocycles. The molecule has 3 heterocycles. The number of aromatic amines is 1. The van der Waals surface area contributed by atoms with E-state index >= 15 is 0 Å². The Balaban J connectivity index is 1.33. The predicted molar refractivity (Wildman–Crippen MR) is 114 cm³/mol. The third-order valence-corrected chi connectivity index (χ3v) is 7.11. The standard InChI is InChI=1S/C24H23F3N2O5/c25-24(26,27)15-8-17-16(7-14(15)12-1-3-13(4-2-12)23(11-30)5-6-23)28-22(29-17)34-19-10-33-20-18(31)9-32-21(19)20/h1-4,7-8,18-21,30-31H,5-6,9-11H2,(H,28,29)/t18-,19-,20-,21-/m1/s1. The van der Waals surface area contributed by atoms with Gasteiger partial charge in [-0.2, -0.15) is 18.2 Å². The number of rotatable bonds is 5. The van der Waals surface area contributed by atoms with E-state index in [1.54, 1.807) is 24.3 Å². The molecule has 180 valence electrons. The van der Waals surface area contributed by atoms with Crippen LogP contribution >= 0.6 is 0 Å². The van der Waals surface area contributed by atoms with Gasteiger partial charge in [-0.1, -0.05) is 24.3 Å². The second-order valence-electron chi connectivity index (χ2n) is 9.29. The Labute approximate surface area is 192 Å². The summed E-state index contributed by atoms with van der Waals surface area (Å²) in [5.74, 6) is 0. The Morgan fingerprint density at radius 2 is 1.82 bits per heavy atom. The number of hydrogen-bond acceptors (Lipinski definition) is 6. The van der Waals surface area contributed by atoms with Gasteiger partial charge in [-0.3, -0.25) is 0 Å². The molecule has 10 heteroatoms. The van der Waals surface area contributed by atoms with Gasteiger partial charge in [0.25, 0.3) is 6.01 Å². The first kappa shape index (κ1) is 21.8. The third kappa shape index (κ3) is 3.56. The van der Waals surface area contributed by atoms with Crippen molar-refractivity contribution in [2.75, 3.05) is 19.8 Å². The van der Waals surface area contributed by atoms with E-state index in [-0.39, 0.29) is 42.3 Å². The molecule has 7 nitrogen and oxygen atoms in total. The summed E-state index contributed by atoms with van der Waals surface area (Å²) in [5, 5.41) is 19.5. The van der Waals surface area contributed by atoms with Crippen molar-refractivity contribution in [3.63, 3.8) is 0 Å². The Kier molecular flexibility index (Phi) is 4.93. The van der Waals surface area contributed by atoms with Crippen LogP contribution in [0, 0.1) is 0 Å². The molecule has 2 saturated heterocycles. The number of nitrogens with zero attached hydrogens (tertiary/aromatic N) is 1. The summed E-state index contributed by atoms with van der Waals surface area (Å²) in [6, 6.07) is 9.39. The van der Waals surface area contributed by atoms with Crippen LogP contribution in [-0.4, -0.2) is 64.4 Å². The number of H-pyrrole nitrogens is 1. The van der Waals surface area contributed by atoms with E-state index in [1.165, 1.54) is 6.07 Å². The first-order chi connectivity index (χ1) is 16.3. The maximum absolute atomic E-state index is 14.0. The molecular formula is C24H23F3N2O5. The van der Waals surface area contributed by atoms with Crippen molar-refractivity contribution < 1.29 is 37.6 Å². The highest BCUT2D eigenvalue weighted by Gasteiger charge is 2.49. The fourth-order valence-electron chi connectivity index (χ4n) is 4.94. The van der Waals surface area contributed by atoms with E-state index in [0.29, 0.717) is 11.1 Å². The van der Waals surface area contributed by atoms with Crippen LogP contribution in [0.5, 0.6) is 6.01 Å². The van der Waals surface area contributed by atoms with Crippen molar-refractivity contribution in [3.05, 3.63) is 47.5 Å². The minimum atomic E-state index is -4.57. The molecule has 3 N–H and O–H groups in total. The van der Waals surface area contributed by atoms with Gasteiger partial charge in [0.05, 0.1) is 36.4 Å². The van der Waals surface area contributed by atoms with Crippen molar-refractivity contribution in [1.82, 2.24) is 9.97 Å². The normalized spacial score (nSPS) is 27.8. The molecular weight excluding hydrogens is 453 g/mol. The molecule has 0 radical (unpaired) electrons. The van der Waals surface area contributed by atoms with Crippen LogP contribution in [-0.2, 0) is 21.1 Å². The van der Waals surface area contributed by atoms with Gasteiger partial charge in [0, 0.05) is 5.41 Å². The van der Waals surface area contributed by atoms with Crippen LogP contribution in [0.2, 0.25) is 0 Å². The molecule has 1 aliphatic carbocycles. The van der Waals surface area contributed by atoms with Gasteiger partial charge in [-0.15, -0.1) is 0 Å². The van der Waals surface area contributed by atoms with Crippen molar-refractivity contribution >= 4 is 11.0 Å². The van der Waals surface area contributed by atoms with Crippen molar-refractivity contribution in [3.8, 4) is 17.1 Å². The lowest BCUT2D eigenvalue weighted by atomic mass is 9.92. The fourth-order valence-corrected chi connectivity index (χ4v) is 4.94. The number of aliphatic hydroxyl groups excluding tert-OH is 2. The molecule has 0 unspecified atom stereocenters. The zero-order chi connectivity index (χ0) is 23.7. The van der Waals surface area contributed by atoms with Crippen LogP contribution in [0.1, 0.15) is 24.0 Å². The summed E-state index contributed by atoms with van der Waals surface area (Å²) in [7, 11) is 0. The molecule has 2 aliphatic heterocycles. The van der Waals surface area contributed by atoms with E-state index in [0.717, 1.165) is 24.5 Å². The molecule has 4 atom stereocenters. The zero-order valence-corrected chi connectivity index (χ0v) is 18.0. The van der Waals surface area contributed by atoms with Crippen LogP contribution in [0.25, 0.3) is 22.2 Å². The fraction of sp³-hybridized carbons (Fsp3) is 0.458. The number of aromatic nitrogens is 2. The Hall–Kier alpha value is -2.66. The average molecular weight is 476 g/mol. The Morgan fingerprint density at radius 3 is 2.50 bits per heavy atom. The van der Waals surface area contributed by atoms with Gasteiger partial charge in [0.15, 0.2) is 6.10 Å². The monoisotopic (exact) mass is 476 g/mol. The Bertz CT molecular complexity index is 1220. The highest BCUT2D eigenvalue weighted by molar-refractivity contribution is 5.85. The first-order valence-electron chi connectivity index (χ1n) is 11.2. The second-order valence-corrected chi connectivity index (χ2v) is 9.29. The summed E-state index contributed by atoms with van der Waals surface area (Å²) in [6.45, 7) is 0.357. The van der Waals surface area contributed by atoms with Crippen LogP contribution < -0.4 is 4.74 Å². The van der Waals surface area contributed by atoms with Crippen LogP contribution in [0.4, 0.5) is 13.2 Å². The molecule has 3 fully saturated rings. The molecule has 3 aromatic rings. The summed E-state index contributed by atoms with van der Waals surface area (Å²) in [5.41, 5.74) is 0.855.